The van der Waals surface area contributed by atoms with Crippen molar-refractivity contribution in [3.05, 3.63) is 55.7 Å². The average molecular weight is 294 g/mol. The first-order valence-electron chi connectivity index (χ1n) is 6.58. The van der Waals surface area contributed by atoms with Crippen molar-refractivity contribution in [1.29, 1.82) is 0 Å². The first-order chi connectivity index (χ1) is 9.02. The first-order valence-corrected chi connectivity index (χ1v) is 7.83. The summed E-state index contributed by atoms with van der Waals surface area (Å²) < 4.78 is 0. The molecule has 0 bridgehead atoms. The van der Waals surface area contributed by atoms with Gasteiger partial charge in [-0.1, -0.05) is 47.9 Å². The molecule has 0 saturated carbocycles. The van der Waals surface area contributed by atoms with Crippen LogP contribution in [0.15, 0.2) is 23.6 Å². The van der Waals surface area contributed by atoms with Gasteiger partial charge in [-0.05, 0) is 43.8 Å². The number of hydrogen-bond acceptors (Lipinski definition) is 2. The highest BCUT2D eigenvalue weighted by molar-refractivity contribution is 7.10. The molecule has 0 radical (unpaired) electrons. The quantitative estimate of drug-likeness (QED) is 0.834. The van der Waals surface area contributed by atoms with Gasteiger partial charge in [-0.3, -0.25) is 0 Å². The number of aryl methyl sites for hydroxylation is 3. The number of halogens is 1. The van der Waals surface area contributed by atoms with Gasteiger partial charge in [0.25, 0.3) is 0 Å². The van der Waals surface area contributed by atoms with E-state index in [1.807, 2.05) is 0 Å². The molecule has 0 aliphatic carbocycles. The van der Waals surface area contributed by atoms with Crippen molar-refractivity contribution in [2.75, 3.05) is 6.54 Å². The van der Waals surface area contributed by atoms with Crippen LogP contribution in [0, 0.1) is 20.8 Å². The lowest BCUT2D eigenvalue weighted by atomic mass is 10.00. The number of benzene rings is 1. The Morgan fingerprint density at radius 2 is 1.79 bits per heavy atom. The van der Waals surface area contributed by atoms with Crippen molar-refractivity contribution in [1.82, 2.24) is 5.32 Å². The predicted molar refractivity (Wildman–Crippen MR) is 85.5 cm³/mol. The second-order valence-corrected chi connectivity index (χ2v) is 6.30. The van der Waals surface area contributed by atoms with Crippen molar-refractivity contribution in [3.63, 3.8) is 0 Å². The van der Waals surface area contributed by atoms with Gasteiger partial charge >= 0.3 is 0 Å². The maximum Gasteiger partial charge on any atom is 0.0686 e. The van der Waals surface area contributed by atoms with Gasteiger partial charge in [0.05, 0.1) is 11.1 Å². The Morgan fingerprint density at radius 1 is 1.16 bits per heavy atom. The molecule has 1 nitrogen and oxygen atoms in total. The van der Waals surface area contributed by atoms with Gasteiger partial charge in [0.15, 0.2) is 0 Å². The standard InChI is InChI=1S/C16H20ClNS/c1-5-18-15(16-14(17)12(4)9-19-16)13-7-10(2)6-11(3)8-13/h6-9,15,18H,5H2,1-4H3. The summed E-state index contributed by atoms with van der Waals surface area (Å²) >= 11 is 8.18. The smallest absolute Gasteiger partial charge is 0.0686 e. The van der Waals surface area contributed by atoms with Crippen LogP contribution in [0.3, 0.4) is 0 Å². The lowest BCUT2D eigenvalue weighted by Gasteiger charge is -2.19. The van der Waals surface area contributed by atoms with Crippen LogP contribution in [-0.4, -0.2) is 6.54 Å². The molecule has 2 rings (SSSR count). The molecular weight excluding hydrogens is 274 g/mol. The third kappa shape index (κ3) is 3.19. The molecule has 19 heavy (non-hydrogen) atoms. The lowest BCUT2D eigenvalue weighted by Crippen LogP contribution is -2.21. The molecule has 1 N–H and O–H groups in total. The van der Waals surface area contributed by atoms with Crippen LogP contribution < -0.4 is 5.32 Å². The van der Waals surface area contributed by atoms with Crippen LogP contribution in [0.2, 0.25) is 5.02 Å². The molecule has 1 atom stereocenters. The van der Waals surface area contributed by atoms with Gasteiger partial charge in [0.1, 0.15) is 0 Å². The van der Waals surface area contributed by atoms with E-state index in [1.165, 1.54) is 21.6 Å². The highest BCUT2D eigenvalue weighted by Crippen LogP contribution is 2.36. The molecule has 0 saturated heterocycles. The molecule has 1 aromatic carbocycles. The van der Waals surface area contributed by atoms with E-state index in [2.05, 4.69) is 56.6 Å². The fourth-order valence-corrected chi connectivity index (χ4v) is 3.79. The van der Waals surface area contributed by atoms with E-state index in [0.717, 1.165) is 17.1 Å². The molecule has 2 aromatic rings. The fraction of sp³-hybridized carbons (Fsp3) is 0.375. The van der Waals surface area contributed by atoms with E-state index in [9.17, 15) is 0 Å². The Labute approximate surface area is 124 Å². The molecule has 0 amide bonds. The van der Waals surface area contributed by atoms with E-state index in [1.54, 1.807) is 11.3 Å². The number of rotatable bonds is 4. The van der Waals surface area contributed by atoms with Crippen LogP contribution in [0.5, 0.6) is 0 Å². The largest absolute Gasteiger partial charge is 0.306 e. The molecule has 0 aliphatic heterocycles. The van der Waals surface area contributed by atoms with Gasteiger partial charge in [0.2, 0.25) is 0 Å². The summed E-state index contributed by atoms with van der Waals surface area (Å²) in [6.07, 6.45) is 0. The zero-order chi connectivity index (χ0) is 14.0. The van der Waals surface area contributed by atoms with Gasteiger partial charge < -0.3 is 5.32 Å². The summed E-state index contributed by atoms with van der Waals surface area (Å²) in [4.78, 5) is 1.21. The number of thiophene rings is 1. The third-order valence-electron chi connectivity index (χ3n) is 3.17. The van der Waals surface area contributed by atoms with Crippen molar-refractivity contribution in [3.8, 4) is 0 Å². The summed E-state index contributed by atoms with van der Waals surface area (Å²) in [6.45, 7) is 9.39. The molecule has 0 aliphatic rings. The highest BCUT2D eigenvalue weighted by Gasteiger charge is 2.19. The minimum absolute atomic E-state index is 0.190. The highest BCUT2D eigenvalue weighted by atomic mass is 35.5. The fourth-order valence-electron chi connectivity index (χ4n) is 2.39. The van der Waals surface area contributed by atoms with Crippen molar-refractivity contribution >= 4 is 22.9 Å². The monoisotopic (exact) mass is 293 g/mol. The van der Waals surface area contributed by atoms with Crippen LogP contribution in [-0.2, 0) is 0 Å². The first kappa shape index (κ1) is 14.6. The maximum absolute atomic E-state index is 6.44. The SMILES string of the molecule is CCNC(c1cc(C)cc(C)c1)c1scc(C)c1Cl. The second kappa shape index (κ2) is 6.08. The minimum atomic E-state index is 0.190. The predicted octanol–water partition coefficient (Wildman–Crippen LogP) is 5.03. The molecule has 1 aromatic heterocycles. The van der Waals surface area contributed by atoms with E-state index in [4.69, 9.17) is 11.6 Å². The maximum atomic E-state index is 6.44. The Hall–Kier alpha value is -0.830. The summed E-state index contributed by atoms with van der Waals surface area (Å²) in [6, 6.07) is 6.88. The van der Waals surface area contributed by atoms with E-state index in [0.29, 0.717) is 0 Å². The number of hydrogen-bond donors (Lipinski definition) is 1. The lowest BCUT2D eigenvalue weighted by molar-refractivity contribution is 0.639. The van der Waals surface area contributed by atoms with Crippen molar-refractivity contribution in [2.24, 2.45) is 0 Å². The normalized spacial score (nSPS) is 12.7. The van der Waals surface area contributed by atoms with Crippen molar-refractivity contribution < 1.29 is 0 Å². The molecule has 1 unspecified atom stereocenters. The molecule has 1 heterocycles. The van der Waals surface area contributed by atoms with Crippen LogP contribution in [0.4, 0.5) is 0 Å². The van der Waals surface area contributed by atoms with Crippen molar-refractivity contribution in [2.45, 2.75) is 33.7 Å². The van der Waals surface area contributed by atoms with Gasteiger partial charge in [-0.2, -0.15) is 0 Å². The second-order valence-electron chi connectivity index (χ2n) is 5.01. The van der Waals surface area contributed by atoms with Crippen LogP contribution in [0.25, 0.3) is 0 Å². The van der Waals surface area contributed by atoms with Crippen LogP contribution >= 0.6 is 22.9 Å². The Bertz CT molecular complexity index is 554. The van der Waals surface area contributed by atoms with Gasteiger partial charge in [-0.15, -0.1) is 11.3 Å². The number of nitrogens with one attached hydrogen (secondary N) is 1. The minimum Gasteiger partial charge on any atom is -0.306 e. The molecule has 102 valence electrons. The van der Waals surface area contributed by atoms with E-state index in [-0.39, 0.29) is 6.04 Å². The molecular formula is C16H20ClNS. The van der Waals surface area contributed by atoms with Crippen LogP contribution in [0.1, 0.15) is 40.1 Å². The summed E-state index contributed by atoms with van der Waals surface area (Å²) in [5.74, 6) is 0. The molecule has 0 fully saturated rings. The third-order valence-corrected chi connectivity index (χ3v) is 4.95. The Morgan fingerprint density at radius 3 is 2.26 bits per heavy atom. The summed E-state index contributed by atoms with van der Waals surface area (Å²) in [5, 5.41) is 6.58. The van der Waals surface area contributed by atoms with E-state index >= 15 is 0 Å². The average Bonchev–Trinajstić information content (AvgIpc) is 2.66. The van der Waals surface area contributed by atoms with E-state index < -0.39 is 0 Å². The summed E-state index contributed by atoms with van der Waals surface area (Å²) in [5.41, 5.74) is 5.04. The van der Waals surface area contributed by atoms with Gasteiger partial charge in [0, 0.05) is 4.88 Å². The zero-order valence-corrected chi connectivity index (χ0v) is 13.5. The molecule has 3 heteroatoms. The Kier molecular flexibility index (Phi) is 4.67. The summed E-state index contributed by atoms with van der Waals surface area (Å²) in [7, 11) is 0. The topological polar surface area (TPSA) is 12.0 Å². The van der Waals surface area contributed by atoms with Gasteiger partial charge in [-0.25, -0.2) is 0 Å². The zero-order valence-electron chi connectivity index (χ0n) is 11.9. The Balaban J connectivity index is 2.48. The molecule has 0 spiro atoms.